The van der Waals surface area contributed by atoms with Crippen LogP contribution in [0.5, 0.6) is 5.75 Å². The maximum absolute atomic E-state index is 10.0. The van der Waals surface area contributed by atoms with Crippen LogP contribution < -0.4 is 0 Å². The minimum Gasteiger partial charge on any atom is -0.508 e. The summed E-state index contributed by atoms with van der Waals surface area (Å²) >= 11 is 2.33. The molecule has 3 atom stereocenters. The number of hydrogen-bond donors (Lipinski definition) is 1. The molecule has 118 valence electrons. The van der Waals surface area contributed by atoms with Gasteiger partial charge in [-0.3, -0.25) is 4.90 Å². The van der Waals surface area contributed by atoms with Gasteiger partial charge in [0.25, 0.3) is 0 Å². The number of benzene rings is 1. The van der Waals surface area contributed by atoms with Gasteiger partial charge >= 0.3 is 0 Å². The summed E-state index contributed by atoms with van der Waals surface area (Å²) in [4.78, 5) is 2.71. The molecule has 1 saturated heterocycles. The SMILES string of the molecule is Oc1ccc2c(c1)C13CCCC[C@H]1[C@H](C2)N(C/C=C/I)CC3. The second-order valence-electron chi connectivity index (χ2n) is 7.23. The van der Waals surface area contributed by atoms with Crippen LogP contribution in [-0.2, 0) is 11.8 Å². The molecule has 1 unspecified atom stereocenters. The third kappa shape index (κ3) is 2.23. The Morgan fingerprint density at radius 2 is 2.23 bits per heavy atom. The van der Waals surface area contributed by atoms with Gasteiger partial charge in [0.05, 0.1) is 0 Å². The molecule has 1 aliphatic heterocycles. The van der Waals surface area contributed by atoms with Gasteiger partial charge in [-0.1, -0.05) is 47.6 Å². The predicted octanol–water partition coefficient (Wildman–Crippen LogP) is 4.40. The standard InChI is InChI=1S/C19H24INO/c20-9-3-10-21-11-8-19-7-2-1-4-16(19)18(21)12-14-5-6-15(22)13-17(14)19/h3,5-6,9,13,16,18,22H,1-2,4,7-8,10-12H2/b9-3+/t16-,18-,19?/m0/s1. The van der Waals surface area contributed by atoms with Crippen molar-refractivity contribution in [3.05, 3.63) is 39.5 Å². The number of fused-ring (bicyclic) bond motifs is 1. The molecule has 0 radical (unpaired) electrons. The van der Waals surface area contributed by atoms with Crippen molar-refractivity contribution in [3.63, 3.8) is 0 Å². The molecule has 2 nitrogen and oxygen atoms in total. The van der Waals surface area contributed by atoms with E-state index < -0.39 is 0 Å². The number of likely N-dealkylation sites (tertiary alicyclic amines) is 1. The molecule has 0 spiro atoms. The van der Waals surface area contributed by atoms with E-state index in [1.165, 1.54) is 49.8 Å². The first kappa shape index (κ1) is 15.0. The van der Waals surface area contributed by atoms with Crippen LogP contribution in [0.25, 0.3) is 0 Å². The molecule has 3 aliphatic rings. The maximum atomic E-state index is 10.0. The number of halogens is 1. The highest BCUT2D eigenvalue weighted by Crippen LogP contribution is 2.56. The van der Waals surface area contributed by atoms with Gasteiger partial charge in [-0.05, 0) is 65.5 Å². The summed E-state index contributed by atoms with van der Waals surface area (Å²) in [5.41, 5.74) is 3.32. The largest absolute Gasteiger partial charge is 0.508 e. The van der Waals surface area contributed by atoms with Crippen LogP contribution in [0.2, 0.25) is 0 Å². The molecule has 1 heterocycles. The van der Waals surface area contributed by atoms with Crippen LogP contribution in [0.1, 0.15) is 43.2 Å². The van der Waals surface area contributed by atoms with Crippen molar-refractivity contribution < 1.29 is 5.11 Å². The number of piperidine rings is 1. The first-order valence-corrected chi connectivity index (χ1v) is 9.81. The molecule has 3 heteroatoms. The number of rotatable bonds is 2. The minimum atomic E-state index is 0.347. The van der Waals surface area contributed by atoms with Crippen molar-refractivity contribution >= 4 is 22.6 Å². The topological polar surface area (TPSA) is 23.5 Å². The maximum Gasteiger partial charge on any atom is 0.115 e. The Morgan fingerprint density at radius 3 is 3.09 bits per heavy atom. The molecule has 0 aromatic heterocycles. The molecular weight excluding hydrogens is 385 g/mol. The molecule has 1 N–H and O–H groups in total. The monoisotopic (exact) mass is 409 g/mol. The van der Waals surface area contributed by atoms with Crippen molar-refractivity contribution in [2.45, 2.75) is 50.0 Å². The number of aromatic hydroxyl groups is 1. The molecule has 2 bridgehead atoms. The molecule has 22 heavy (non-hydrogen) atoms. The smallest absolute Gasteiger partial charge is 0.115 e. The van der Waals surface area contributed by atoms with Gasteiger partial charge < -0.3 is 5.11 Å². The second kappa shape index (κ2) is 5.82. The zero-order chi connectivity index (χ0) is 15.2. The van der Waals surface area contributed by atoms with Crippen LogP contribution in [-0.4, -0.2) is 29.1 Å². The van der Waals surface area contributed by atoms with Gasteiger partial charge in [0.15, 0.2) is 0 Å². The third-order valence-electron chi connectivity index (χ3n) is 6.36. The van der Waals surface area contributed by atoms with Crippen molar-refractivity contribution in [2.24, 2.45) is 5.92 Å². The highest BCUT2D eigenvalue weighted by atomic mass is 127. The zero-order valence-corrected chi connectivity index (χ0v) is 15.1. The third-order valence-corrected chi connectivity index (χ3v) is 6.87. The van der Waals surface area contributed by atoms with E-state index in [4.69, 9.17) is 0 Å². The molecular formula is C19H24INO. The molecule has 2 aliphatic carbocycles. The summed E-state index contributed by atoms with van der Waals surface area (Å²) in [7, 11) is 0. The zero-order valence-electron chi connectivity index (χ0n) is 13.0. The Bertz CT molecular complexity index is 599. The van der Waals surface area contributed by atoms with Crippen molar-refractivity contribution in [2.75, 3.05) is 13.1 Å². The first-order chi connectivity index (χ1) is 10.7. The number of phenolic OH excluding ortho intramolecular Hbond substituents is 1. The summed E-state index contributed by atoms with van der Waals surface area (Å²) in [5, 5.41) is 10.0. The van der Waals surface area contributed by atoms with Crippen molar-refractivity contribution in [1.82, 2.24) is 4.90 Å². The average molecular weight is 409 g/mol. The summed E-state index contributed by atoms with van der Waals surface area (Å²) in [6.45, 7) is 2.30. The van der Waals surface area contributed by atoms with E-state index in [9.17, 15) is 5.11 Å². The van der Waals surface area contributed by atoms with Gasteiger partial charge in [-0.2, -0.15) is 0 Å². The van der Waals surface area contributed by atoms with Crippen molar-refractivity contribution in [3.8, 4) is 5.75 Å². The number of phenols is 1. The lowest BCUT2D eigenvalue weighted by Gasteiger charge is -2.59. The lowest BCUT2D eigenvalue weighted by Crippen LogP contribution is -2.60. The summed E-state index contributed by atoms with van der Waals surface area (Å²) in [6, 6.07) is 6.84. The Morgan fingerprint density at radius 1 is 1.32 bits per heavy atom. The summed E-state index contributed by atoms with van der Waals surface area (Å²) < 4.78 is 2.15. The highest BCUT2D eigenvalue weighted by Gasteiger charge is 2.53. The van der Waals surface area contributed by atoms with Crippen LogP contribution in [0.4, 0.5) is 0 Å². The van der Waals surface area contributed by atoms with E-state index >= 15 is 0 Å². The first-order valence-electron chi connectivity index (χ1n) is 8.56. The Balaban J connectivity index is 1.78. The van der Waals surface area contributed by atoms with Gasteiger partial charge in [-0.15, -0.1) is 0 Å². The van der Waals surface area contributed by atoms with Crippen LogP contribution >= 0.6 is 22.6 Å². The summed E-state index contributed by atoms with van der Waals surface area (Å²) in [5.74, 6) is 1.23. The highest BCUT2D eigenvalue weighted by molar-refractivity contribution is 14.1. The van der Waals surface area contributed by atoms with E-state index in [0.29, 0.717) is 17.2 Å². The van der Waals surface area contributed by atoms with Gasteiger partial charge in [0.1, 0.15) is 5.75 Å². The molecule has 2 fully saturated rings. The molecule has 4 rings (SSSR count). The number of hydrogen-bond acceptors (Lipinski definition) is 2. The van der Waals surface area contributed by atoms with E-state index in [-0.39, 0.29) is 0 Å². The van der Waals surface area contributed by atoms with E-state index in [1.807, 2.05) is 6.07 Å². The average Bonchev–Trinajstić information content (AvgIpc) is 2.55. The molecule has 1 saturated carbocycles. The lowest BCUT2D eigenvalue weighted by molar-refractivity contribution is -0.00518. The fourth-order valence-electron chi connectivity index (χ4n) is 5.47. The van der Waals surface area contributed by atoms with Gasteiger partial charge in [0, 0.05) is 18.0 Å². The lowest BCUT2D eigenvalue weighted by atomic mass is 9.52. The van der Waals surface area contributed by atoms with Gasteiger partial charge in [0.2, 0.25) is 0 Å². The van der Waals surface area contributed by atoms with Crippen LogP contribution in [0.3, 0.4) is 0 Å². The number of nitrogens with zero attached hydrogens (tertiary/aromatic N) is 1. The predicted molar refractivity (Wildman–Crippen MR) is 98.6 cm³/mol. The van der Waals surface area contributed by atoms with Crippen LogP contribution in [0.15, 0.2) is 28.4 Å². The Kier molecular flexibility index (Phi) is 3.97. The molecule has 0 amide bonds. The second-order valence-corrected chi connectivity index (χ2v) is 7.95. The van der Waals surface area contributed by atoms with Gasteiger partial charge in [-0.25, -0.2) is 0 Å². The fraction of sp³-hybridized carbons (Fsp3) is 0.579. The fourth-order valence-corrected chi connectivity index (χ4v) is 5.70. The van der Waals surface area contributed by atoms with E-state index in [1.54, 1.807) is 0 Å². The quantitative estimate of drug-likeness (QED) is 0.733. The Labute approximate surface area is 146 Å². The molecule has 1 aromatic rings. The summed E-state index contributed by atoms with van der Waals surface area (Å²) in [6.07, 6.45) is 10.1. The Hall–Kier alpha value is -0.550. The van der Waals surface area contributed by atoms with Crippen molar-refractivity contribution in [1.29, 1.82) is 0 Å². The van der Waals surface area contributed by atoms with Crippen LogP contribution in [0, 0.1) is 5.92 Å². The molecule has 1 aromatic carbocycles. The normalized spacial score (nSPS) is 34.4. The van der Waals surface area contributed by atoms with E-state index in [0.717, 1.165) is 18.9 Å². The van der Waals surface area contributed by atoms with E-state index in [2.05, 4.69) is 49.8 Å². The minimum absolute atomic E-state index is 0.347.